The minimum atomic E-state index is -1.11. The number of benzene rings is 3. The molecule has 214 valence electrons. The number of phenolic OH excluding ortho intramolecular Hbond substituents is 4. The smallest absolute Gasteiger partial charge is 0.316 e. The summed E-state index contributed by atoms with van der Waals surface area (Å²) < 4.78 is 19.0. The summed E-state index contributed by atoms with van der Waals surface area (Å²) in [4.78, 5) is 25.3. The molecule has 1 saturated heterocycles. The quantitative estimate of drug-likeness (QED) is 0.0994. The normalized spacial score (nSPS) is 15.2. The first-order valence-electron chi connectivity index (χ1n) is 12.0. The Morgan fingerprint density at radius 1 is 1.07 bits per heavy atom. The highest BCUT2D eigenvalue weighted by atomic mass is 79.9. The zero-order chi connectivity index (χ0) is 29.8. The van der Waals surface area contributed by atoms with Crippen LogP contribution >= 0.6 is 15.9 Å². The molecule has 0 bridgehead atoms. The van der Waals surface area contributed by atoms with Gasteiger partial charge in [0, 0.05) is 29.6 Å². The Morgan fingerprint density at radius 3 is 2.27 bits per heavy atom. The zero-order valence-corrected chi connectivity index (χ0v) is 22.8. The van der Waals surface area contributed by atoms with E-state index in [1.165, 1.54) is 23.2 Å². The van der Waals surface area contributed by atoms with Gasteiger partial charge in [-0.2, -0.15) is 0 Å². The molecule has 0 saturated carbocycles. The average Bonchev–Trinajstić information content (AvgIpc) is 3.31. The maximum Gasteiger partial charge on any atom is 0.316 e. The van der Waals surface area contributed by atoms with E-state index in [0.29, 0.717) is 12.1 Å². The maximum absolute atomic E-state index is 13.6. The first-order valence-corrected chi connectivity index (χ1v) is 12.8. The summed E-state index contributed by atoms with van der Waals surface area (Å²) in [7, 11) is 0. The number of carbonyl (C=O) groups is 2. The van der Waals surface area contributed by atoms with Crippen molar-refractivity contribution in [2.24, 2.45) is 5.73 Å². The van der Waals surface area contributed by atoms with Crippen LogP contribution in [0.3, 0.4) is 0 Å². The molecule has 1 heterocycles. The number of carbonyl (C=O) groups excluding carboxylic acids is 2. The van der Waals surface area contributed by atoms with Crippen molar-refractivity contribution in [3.05, 3.63) is 81.7 Å². The number of hydrogen-bond acceptors (Lipinski definition) is 9. The van der Waals surface area contributed by atoms with Crippen LogP contribution in [0.25, 0.3) is 0 Å². The lowest BCUT2D eigenvalue weighted by molar-refractivity contribution is -0.127. The van der Waals surface area contributed by atoms with E-state index in [2.05, 4.69) is 26.6 Å². The minimum Gasteiger partial charge on any atom is -0.503 e. The molecular weight excluding hydrogens is 605 g/mol. The Balaban J connectivity index is 1.66. The highest BCUT2D eigenvalue weighted by molar-refractivity contribution is 9.10. The Labute approximate surface area is 241 Å². The predicted molar refractivity (Wildman–Crippen MR) is 151 cm³/mol. The molecular formula is C27H25BrFN5O7. The number of amides is 3. The Bertz CT molecular complexity index is 1500. The first kappa shape index (κ1) is 29.2. The molecule has 1 unspecified atom stereocenters. The predicted octanol–water partition coefficient (Wildman–Crippen LogP) is 3.69. The second kappa shape index (κ2) is 12.1. The maximum atomic E-state index is 13.6. The molecule has 0 aromatic heterocycles. The Hall–Kier alpha value is -4.82. The van der Waals surface area contributed by atoms with Crippen molar-refractivity contribution in [2.45, 2.75) is 12.6 Å². The van der Waals surface area contributed by atoms with Gasteiger partial charge in [0.25, 0.3) is 5.91 Å². The largest absolute Gasteiger partial charge is 0.503 e. The molecule has 0 spiro atoms. The van der Waals surface area contributed by atoms with Gasteiger partial charge >= 0.3 is 6.03 Å². The number of anilines is 2. The second-order valence-electron chi connectivity index (χ2n) is 8.90. The molecule has 3 aromatic rings. The van der Waals surface area contributed by atoms with Gasteiger partial charge in [0.05, 0.1) is 5.71 Å². The molecule has 14 heteroatoms. The highest BCUT2D eigenvalue weighted by Gasteiger charge is 2.36. The summed E-state index contributed by atoms with van der Waals surface area (Å²) in [6.45, 7) is -0.132. The van der Waals surface area contributed by atoms with Crippen LogP contribution in [0.15, 0.2) is 64.8 Å². The van der Waals surface area contributed by atoms with Crippen molar-refractivity contribution in [3.63, 3.8) is 0 Å². The number of phenols is 4. The molecule has 0 aliphatic carbocycles. The molecule has 1 aliphatic rings. The third kappa shape index (κ3) is 6.34. The van der Waals surface area contributed by atoms with Crippen molar-refractivity contribution >= 4 is 45.0 Å². The fraction of sp³-hybridized carbons (Fsp3) is 0.148. The number of hydrogen-bond donors (Lipinski definition) is 8. The molecule has 3 amide bonds. The first-order chi connectivity index (χ1) is 19.5. The Morgan fingerprint density at radius 2 is 1.68 bits per heavy atom. The van der Waals surface area contributed by atoms with Gasteiger partial charge in [0.15, 0.2) is 29.2 Å². The van der Waals surface area contributed by atoms with E-state index in [1.807, 2.05) is 0 Å². The highest BCUT2D eigenvalue weighted by Crippen LogP contribution is 2.52. The fourth-order valence-electron chi connectivity index (χ4n) is 4.11. The topological polar surface area (TPSA) is 201 Å². The molecule has 0 radical (unpaired) electrons. The van der Waals surface area contributed by atoms with Crippen molar-refractivity contribution < 1.29 is 39.1 Å². The molecule has 1 atom stereocenters. The number of rotatable bonds is 9. The SMILES string of the molecule is N=C(/C(=C\Nc1c(O)c(O)c(Br)c(O)c1O)C1OCC(=O)N1CCc1ccc(NC(N)=O)cc1)c1ccc(F)cc1. The van der Waals surface area contributed by atoms with Gasteiger partial charge in [-0.05, 0) is 64.3 Å². The standard InChI is InChI=1S/C27H25BrFN5O7/c28-19-22(36)24(38)21(25(39)23(19)37)32-11-17(20(30)14-3-5-15(29)6-4-14)26-34(18(35)12-41-26)10-9-13-1-7-16(8-2-13)33-27(31)40/h1-8,11,26,30,32,36-39H,9-10,12H2,(H3,31,33,40)/b17-11+,30-20?. The number of urea groups is 1. The van der Waals surface area contributed by atoms with E-state index in [1.54, 1.807) is 24.3 Å². The molecule has 1 aliphatic heterocycles. The lowest BCUT2D eigenvalue weighted by Gasteiger charge is -2.26. The lowest BCUT2D eigenvalue weighted by atomic mass is 10.0. The van der Waals surface area contributed by atoms with Crippen LogP contribution in [0.1, 0.15) is 11.1 Å². The third-order valence-corrected chi connectivity index (χ3v) is 6.98. The van der Waals surface area contributed by atoms with Crippen molar-refractivity contribution in [3.8, 4) is 23.0 Å². The van der Waals surface area contributed by atoms with Crippen molar-refractivity contribution in [2.75, 3.05) is 23.8 Å². The molecule has 1 fully saturated rings. The van der Waals surface area contributed by atoms with E-state index >= 15 is 0 Å². The van der Waals surface area contributed by atoms with Gasteiger partial charge in [0.1, 0.15) is 22.6 Å². The van der Waals surface area contributed by atoms with E-state index in [0.717, 1.165) is 17.7 Å². The van der Waals surface area contributed by atoms with E-state index < -0.39 is 46.8 Å². The van der Waals surface area contributed by atoms with Gasteiger partial charge in [0.2, 0.25) is 0 Å². The number of primary amides is 1. The van der Waals surface area contributed by atoms with Crippen LogP contribution in [0.2, 0.25) is 0 Å². The molecule has 3 aromatic carbocycles. The number of nitrogens with zero attached hydrogens (tertiary/aromatic N) is 1. The van der Waals surface area contributed by atoms with Crippen LogP contribution in [0.5, 0.6) is 23.0 Å². The summed E-state index contributed by atoms with van der Waals surface area (Å²) in [6, 6.07) is 11.1. The summed E-state index contributed by atoms with van der Waals surface area (Å²) in [5.74, 6) is -4.00. The van der Waals surface area contributed by atoms with Gasteiger partial charge in [-0.25, -0.2) is 9.18 Å². The average molecular weight is 630 g/mol. The minimum absolute atomic E-state index is 0.0594. The van der Waals surface area contributed by atoms with Crippen LogP contribution in [-0.4, -0.2) is 62.4 Å². The van der Waals surface area contributed by atoms with E-state index in [9.17, 15) is 34.4 Å². The van der Waals surface area contributed by atoms with Gasteiger partial charge in [-0.15, -0.1) is 0 Å². The summed E-state index contributed by atoms with van der Waals surface area (Å²) >= 11 is 2.86. The third-order valence-electron chi connectivity index (χ3n) is 6.23. The number of halogens is 2. The van der Waals surface area contributed by atoms with Crippen LogP contribution in [0, 0.1) is 11.2 Å². The molecule has 12 nitrogen and oxygen atoms in total. The van der Waals surface area contributed by atoms with Gasteiger partial charge in [-0.1, -0.05) is 12.1 Å². The van der Waals surface area contributed by atoms with Crippen molar-refractivity contribution in [1.29, 1.82) is 5.41 Å². The van der Waals surface area contributed by atoms with Crippen LogP contribution in [0.4, 0.5) is 20.6 Å². The summed E-state index contributed by atoms with van der Waals surface area (Å²) in [5, 5.41) is 54.7. The van der Waals surface area contributed by atoms with Crippen LogP contribution in [-0.2, 0) is 16.0 Å². The van der Waals surface area contributed by atoms with E-state index in [4.69, 9.17) is 15.9 Å². The summed E-state index contributed by atoms with van der Waals surface area (Å²) in [5.41, 5.74) is 6.13. The summed E-state index contributed by atoms with van der Waals surface area (Å²) in [6.07, 6.45) is 0.446. The van der Waals surface area contributed by atoms with Crippen molar-refractivity contribution in [1.82, 2.24) is 4.90 Å². The molecule has 9 N–H and O–H groups in total. The second-order valence-corrected chi connectivity index (χ2v) is 9.69. The number of aromatic hydroxyl groups is 4. The van der Waals surface area contributed by atoms with Gasteiger partial charge < -0.3 is 46.4 Å². The van der Waals surface area contributed by atoms with Crippen LogP contribution < -0.4 is 16.4 Å². The Kier molecular flexibility index (Phi) is 8.64. The molecule has 4 rings (SSSR count). The lowest BCUT2D eigenvalue weighted by Crippen LogP contribution is -2.39. The number of nitrogens with one attached hydrogen (secondary N) is 3. The van der Waals surface area contributed by atoms with Gasteiger partial charge in [-0.3, -0.25) is 10.2 Å². The fourth-order valence-corrected chi connectivity index (χ4v) is 4.48. The number of nitrogens with two attached hydrogens (primary N) is 1. The monoisotopic (exact) mass is 629 g/mol. The van der Waals surface area contributed by atoms with E-state index in [-0.39, 0.29) is 40.4 Å². The molecule has 41 heavy (non-hydrogen) atoms. The number of ether oxygens (including phenoxy) is 1. The zero-order valence-electron chi connectivity index (χ0n) is 21.2.